The maximum Gasteiger partial charge on any atom is 0.357 e. The fourth-order valence-corrected chi connectivity index (χ4v) is 0.738. The Balaban J connectivity index is 2.74. The fourth-order valence-electron chi connectivity index (χ4n) is 0.738. The highest BCUT2D eigenvalue weighted by Gasteiger charge is 2.24. The van der Waals surface area contributed by atoms with Gasteiger partial charge in [-0.2, -0.15) is 0 Å². The Morgan fingerprint density at radius 2 is 2.50 bits per heavy atom. The maximum absolute atomic E-state index is 10.4. The first-order valence-electron chi connectivity index (χ1n) is 3.74. The minimum absolute atomic E-state index is 0.0547. The van der Waals surface area contributed by atoms with E-state index >= 15 is 0 Å². The summed E-state index contributed by atoms with van der Waals surface area (Å²) in [5, 5.41) is 8.52. The van der Waals surface area contributed by atoms with Gasteiger partial charge >= 0.3 is 5.97 Å². The van der Waals surface area contributed by atoms with Gasteiger partial charge in [0.1, 0.15) is 11.9 Å². The predicted molar refractivity (Wildman–Crippen MR) is 44.0 cm³/mol. The number of ether oxygens (including phenoxy) is 1. The lowest BCUT2D eigenvalue weighted by molar-refractivity contribution is -0.133. The Bertz CT molecular complexity index is 257. The van der Waals surface area contributed by atoms with Crippen molar-refractivity contribution in [1.82, 2.24) is 0 Å². The van der Waals surface area contributed by atoms with Gasteiger partial charge in [-0.1, -0.05) is 6.92 Å². The van der Waals surface area contributed by atoms with E-state index < -0.39 is 11.6 Å². The van der Waals surface area contributed by atoms with Crippen LogP contribution in [0, 0.1) is 0 Å². The number of carboxylic acid groups (broad SMARTS) is 1. The van der Waals surface area contributed by atoms with Crippen LogP contribution < -0.4 is 0 Å². The van der Waals surface area contributed by atoms with E-state index in [-0.39, 0.29) is 5.70 Å². The summed E-state index contributed by atoms with van der Waals surface area (Å²) in [7, 11) is 0. The van der Waals surface area contributed by atoms with E-state index in [1.165, 1.54) is 12.5 Å². The van der Waals surface area contributed by atoms with E-state index in [1.54, 1.807) is 0 Å². The number of hydrogen-bond acceptors (Lipinski definition) is 3. The van der Waals surface area contributed by atoms with Gasteiger partial charge in [-0.05, 0) is 13.3 Å². The Kier molecular flexibility index (Phi) is 2.17. The second-order valence-corrected chi connectivity index (χ2v) is 2.85. The molecule has 0 radical (unpaired) electrons. The summed E-state index contributed by atoms with van der Waals surface area (Å²) < 4.78 is 5.20. The molecule has 0 saturated carbocycles. The Morgan fingerprint density at radius 1 is 1.83 bits per heavy atom. The van der Waals surface area contributed by atoms with Crippen LogP contribution in [0.1, 0.15) is 20.3 Å². The molecule has 1 atom stereocenters. The van der Waals surface area contributed by atoms with Crippen molar-refractivity contribution < 1.29 is 14.6 Å². The lowest BCUT2D eigenvalue weighted by Gasteiger charge is -2.25. The van der Waals surface area contributed by atoms with Crippen LogP contribution in [0.2, 0.25) is 0 Å². The van der Waals surface area contributed by atoms with Crippen molar-refractivity contribution in [2.24, 2.45) is 4.99 Å². The van der Waals surface area contributed by atoms with Gasteiger partial charge in [0.25, 0.3) is 0 Å². The van der Waals surface area contributed by atoms with Crippen molar-refractivity contribution in [3.05, 3.63) is 12.0 Å². The third-order valence-corrected chi connectivity index (χ3v) is 1.84. The van der Waals surface area contributed by atoms with Gasteiger partial charge < -0.3 is 9.84 Å². The van der Waals surface area contributed by atoms with Gasteiger partial charge in [-0.15, -0.1) is 0 Å². The summed E-state index contributed by atoms with van der Waals surface area (Å²) in [5.41, 5.74) is -0.500. The smallest absolute Gasteiger partial charge is 0.357 e. The molecule has 0 amide bonds. The second-order valence-electron chi connectivity index (χ2n) is 2.85. The normalized spacial score (nSPS) is 27.7. The lowest BCUT2D eigenvalue weighted by atomic mass is 10.1. The van der Waals surface area contributed by atoms with Crippen LogP contribution in [0.15, 0.2) is 17.0 Å². The van der Waals surface area contributed by atoms with E-state index in [0.717, 1.165) is 6.42 Å². The monoisotopic (exact) mass is 169 g/mol. The van der Waals surface area contributed by atoms with Crippen LogP contribution in [0.3, 0.4) is 0 Å². The lowest BCUT2D eigenvalue weighted by Crippen LogP contribution is -2.30. The Labute approximate surface area is 70.6 Å². The van der Waals surface area contributed by atoms with Crippen molar-refractivity contribution in [2.45, 2.75) is 25.9 Å². The van der Waals surface area contributed by atoms with Gasteiger partial charge in [-0.25, -0.2) is 9.79 Å². The molecule has 1 unspecified atom stereocenters. The van der Waals surface area contributed by atoms with Crippen molar-refractivity contribution in [3.63, 3.8) is 0 Å². The van der Waals surface area contributed by atoms with E-state index in [9.17, 15) is 4.79 Å². The number of nitrogens with zero attached hydrogens (tertiary/aromatic N) is 1. The van der Waals surface area contributed by atoms with E-state index in [4.69, 9.17) is 9.84 Å². The highest BCUT2D eigenvalue weighted by atomic mass is 16.5. The SMILES string of the molecule is CCC1(C)C=NC(C(=O)O)=CO1. The first kappa shape index (κ1) is 8.77. The molecule has 66 valence electrons. The average Bonchev–Trinajstić information content (AvgIpc) is 2.05. The molecular weight excluding hydrogens is 158 g/mol. The average molecular weight is 169 g/mol. The molecule has 0 aromatic heterocycles. The Morgan fingerprint density at radius 3 is 2.83 bits per heavy atom. The molecule has 0 aromatic carbocycles. The molecule has 1 aliphatic rings. The van der Waals surface area contributed by atoms with Crippen LogP contribution in [-0.4, -0.2) is 22.9 Å². The zero-order valence-electron chi connectivity index (χ0n) is 7.07. The summed E-state index contributed by atoms with van der Waals surface area (Å²) >= 11 is 0. The van der Waals surface area contributed by atoms with Crippen molar-refractivity contribution in [2.75, 3.05) is 0 Å². The molecule has 1 heterocycles. The number of aliphatic imine (C=N–C) groups is 1. The van der Waals surface area contributed by atoms with Gasteiger partial charge in [0, 0.05) is 6.21 Å². The standard InChI is InChI=1S/C8H11NO3/c1-3-8(2)5-9-6(4-12-8)7(10)11/h4-5H,3H2,1-2H3,(H,10,11). The van der Waals surface area contributed by atoms with Gasteiger partial charge in [-0.3, -0.25) is 0 Å². The van der Waals surface area contributed by atoms with Gasteiger partial charge in [0.15, 0.2) is 5.70 Å². The quantitative estimate of drug-likeness (QED) is 0.675. The van der Waals surface area contributed by atoms with E-state index in [1.807, 2.05) is 13.8 Å². The van der Waals surface area contributed by atoms with Crippen molar-refractivity contribution in [3.8, 4) is 0 Å². The summed E-state index contributed by atoms with van der Waals surface area (Å²) in [6, 6.07) is 0. The van der Waals surface area contributed by atoms with Crippen LogP contribution in [0.5, 0.6) is 0 Å². The van der Waals surface area contributed by atoms with Crippen LogP contribution in [-0.2, 0) is 9.53 Å². The zero-order valence-corrected chi connectivity index (χ0v) is 7.07. The second kappa shape index (κ2) is 2.97. The maximum atomic E-state index is 10.4. The third kappa shape index (κ3) is 1.64. The van der Waals surface area contributed by atoms with Crippen molar-refractivity contribution in [1.29, 1.82) is 0 Å². The van der Waals surface area contributed by atoms with Gasteiger partial charge in [0.2, 0.25) is 0 Å². The number of rotatable bonds is 2. The summed E-state index contributed by atoms with van der Waals surface area (Å²) in [6.07, 6.45) is 3.47. The molecule has 0 bridgehead atoms. The molecule has 12 heavy (non-hydrogen) atoms. The molecular formula is C8H11NO3. The third-order valence-electron chi connectivity index (χ3n) is 1.84. The molecule has 1 N–H and O–H groups in total. The molecule has 4 heteroatoms. The number of carbonyl (C=O) groups is 1. The van der Waals surface area contributed by atoms with Crippen molar-refractivity contribution >= 4 is 12.2 Å². The molecule has 0 fully saturated rings. The summed E-state index contributed by atoms with van der Waals surface area (Å²) in [4.78, 5) is 14.2. The minimum Gasteiger partial charge on any atom is -0.487 e. The number of hydrogen-bond donors (Lipinski definition) is 1. The van der Waals surface area contributed by atoms with E-state index in [2.05, 4.69) is 4.99 Å². The molecule has 4 nitrogen and oxygen atoms in total. The largest absolute Gasteiger partial charge is 0.487 e. The summed E-state index contributed by atoms with van der Waals surface area (Å²) in [6.45, 7) is 3.80. The molecule has 1 rings (SSSR count). The molecule has 0 saturated heterocycles. The highest BCUT2D eigenvalue weighted by Crippen LogP contribution is 2.18. The fraction of sp³-hybridized carbons (Fsp3) is 0.500. The zero-order chi connectivity index (χ0) is 9.19. The molecule has 0 aromatic rings. The molecule has 0 aliphatic carbocycles. The molecule has 1 aliphatic heterocycles. The van der Waals surface area contributed by atoms with E-state index in [0.29, 0.717) is 0 Å². The van der Waals surface area contributed by atoms with Crippen LogP contribution in [0.4, 0.5) is 0 Å². The first-order valence-corrected chi connectivity index (χ1v) is 3.74. The topological polar surface area (TPSA) is 58.9 Å². The van der Waals surface area contributed by atoms with Crippen LogP contribution >= 0.6 is 0 Å². The molecule has 0 spiro atoms. The minimum atomic E-state index is -1.07. The highest BCUT2D eigenvalue weighted by molar-refractivity contribution is 5.89. The number of carboxylic acids is 1. The summed E-state index contributed by atoms with van der Waals surface area (Å²) in [5.74, 6) is -1.07. The van der Waals surface area contributed by atoms with Gasteiger partial charge in [0.05, 0.1) is 0 Å². The van der Waals surface area contributed by atoms with Crippen LogP contribution in [0.25, 0.3) is 0 Å². The number of aliphatic carboxylic acids is 1. The predicted octanol–water partition coefficient (Wildman–Crippen LogP) is 1.18. The Hall–Kier alpha value is -1.32. The first-order chi connectivity index (χ1) is 5.57.